The molecule has 3 nitrogen and oxygen atoms in total. The van der Waals surface area contributed by atoms with Crippen LogP contribution in [-0.4, -0.2) is 11.8 Å². The Kier molecular flexibility index (Phi) is 3.40. The summed E-state index contributed by atoms with van der Waals surface area (Å²) in [5.74, 6) is -0.874. The van der Waals surface area contributed by atoms with Gasteiger partial charge in [0.25, 0.3) is 0 Å². The number of rotatable bonds is 3. The molecule has 0 radical (unpaired) electrons. The summed E-state index contributed by atoms with van der Waals surface area (Å²) in [4.78, 5) is 23.4. The quantitative estimate of drug-likeness (QED) is 0.316. The summed E-state index contributed by atoms with van der Waals surface area (Å²) < 4.78 is 5.41. The molecule has 0 aliphatic rings. The lowest BCUT2D eigenvalue weighted by Crippen LogP contribution is -2.19. The molecule has 0 spiro atoms. The Hall–Kier alpha value is -2.68. The number of carbonyl (C=O) groups is 2. The van der Waals surface area contributed by atoms with Gasteiger partial charge in [-0.1, -0.05) is 55.5 Å². The first-order valence-electron chi connectivity index (χ1n) is 6.86. The van der Waals surface area contributed by atoms with Crippen molar-refractivity contribution in [2.24, 2.45) is 0 Å². The van der Waals surface area contributed by atoms with E-state index in [-0.39, 0.29) is 6.42 Å². The van der Waals surface area contributed by atoms with E-state index in [1.165, 1.54) is 0 Å². The predicted molar refractivity (Wildman–Crippen MR) is 82.4 cm³/mol. The monoisotopic (exact) mass is 278 g/mol. The lowest BCUT2D eigenvalue weighted by molar-refractivity contribution is -0.146. The fraction of sp³-hybridized carbons (Fsp3) is 0.111. The molecule has 0 aromatic heterocycles. The second-order valence-electron chi connectivity index (χ2n) is 4.81. The third-order valence-electron chi connectivity index (χ3n) is 3.47. The number of benzene rings is 3. The number of Topliss-reactive ketones (excluding diaryl/α,β-unsaturated/α-hetero) is 1. The summed E-state index contributed by atoms with van der Waals surface area (Å²) >= 11 is 0. The molecule has 0 amide bonds. The zero-order valence-corrected chi connectivity index (χ0v) is 11.6. The zero-order chi connectivity index (χ0) is 14.8. The molecule has 3 aromatic rings. The third kappa shape index (κ3) is 2.38. The van der Waals surface area contributed by atoms with Gasteiger partial charge >= 0.3 is 5.97 Å². The van der Waals surface area contributed by atoms with E-state index < -0.39 is 11.8 Å². The first-order chi connectivity index (χ1) is 10.2. The van der Waals surface area contributed by atoms with Gasteiger partial charge in [0.05, 0.1) is 0 Å². The lowest BCUT2D eigenvalue weighted by Gasteiger charge is -2.11. The van der Waals surface area contributed by atoms with Crippen LogP contribution in [0.2, 0.25) is 0 Å². The Labute approximate surface area is 122 Å². The molecule has 0 N–H and O–H groups in total. The highest BCUT2D eigenvalue weighted by molar-refractivity contribution is 6.34. The first-order valence-corrected chi connectivity index (χ1v) is 6.86. The van der Waals surface area contributed by atoms with Gasteiger partial charge in [-0.15, -0.1) is 0 Å². The molecule has 0 unspecified atom stereocenters. The van der Waals surface area contributed by atoms with Gasteiger partial charge in [0.2, 0.25) is 5.78 Å². The van der Waals surface area contributed by atoms with Crippen molar-refractivity contribution in [3.8, 4) is 5.75 Å². The van der Waals surface area contributed by atoms with E-state index >= 15 is 0 Å². The summed E-state index contributed by atoms with van der Waals surface area (Å²) in [5.41, 5.74) is 0. The van der Waals surface area contributed by atoms with E-state index in [9.17, 15) is 9.59 Å². The second-order valence-corrected chi connectivity index (χ2v) is 4.81. The number of carbonyl (C=O) groups excluding carboxylic acids is 2. The SMILES string of the molecule is CCC(=O)C(=O)Oc1c2ccccc2cc2ccccc12. The maximum Gasteiger partial charge on any atom is 0.380 e. The summed E-state index contributed by atoms with van der Waals surface area (Å²) in [6.07, 6.45) is 0.140. The molecule has 0 aliphatic heterocycles. The van der Waals surface area contributed by atoms with E-state index in [1.807, 2.05) is 54.6 Å². The molecule has 0 atom stereocenters. The van der Waals surface area contributed by atoms with Crippen molar-refractivity contribution in [1.29, 1.82) is 0 Å². The molecule has 0 saturated heterocycles. The Morgan fingerprint density at radius 1 is 0.905 bits per heavy atom. The average Bonchev–Trinajstić information content (AvgIpc) is 2.53. The van der Waals surface area contributed by atoms with Gasteiger partial charge in [0.1, 0.15) is 5.75 Å². The minimum atomic E-state index is -0.806. The van der Waals surface area contributed by atoms with Crippen LogP contribution in [0.3, 0.4) is 0 Å². The van der Waals surface area contributed by atoms with Crippen molar-refractivity contribution < 1.29 is 14.3 Å². The normalized spacial score (nSPS) is 10.7. The van der Waals surface area contributed by atoms with Crippen LogP contribution in [0.15, 0.2) is 54.6 Å². The highest BCUT2D eigenvalue weighted by Crippen LogP contribution is 2.34. The van der Waals surface area contributed by atoms with Crippen LogP contribution in [0.5, 0.6) is 5.75 Å². The lowest BCUT2D eigenvalue weighted by atomic mass is 10.0. The van der Waals surface area contributed by atoms with Crippen LogP contribution in [0, 0.1) is 0 Å². The van der Waals surface area contributed by atoms with E-state index in [0.29, 0.717) is 5.75 Å². The second kappa shape index (κ2) is 5.37. The minimum Gasteiger partial charge on any atom is -0.419 e. The molecule has 3 heteroatoms. The number of hydrogen-bond donors (Lipinski definition) is 0. The summed E-state index contributed by atoms with van der Waals surface area (Å²) in [5, 5.41) is 3.60. The van der Waals surface area contributed by atoms with Crippen LogP contribution >= 0.6 is 0 Å². The minimum absolute atomic E-state index is 0.140. The predicted octanol–water partition coefficient (Wildman–Crippen LogP) is 3.88. The van der Waals surface area contributed by atoms with Crippen molar-refractivity contribution in [1.82, 2.24) is 0 Å². The Bertz CT molecular complexity index is 795. The Morgan fingerprint density at radius 3 is 1.95 bits per heavy atom. The standard InChI is InChI=1S/C18H14O3/c1-2-16(19)18(20)21-17-14-9-5-3-7-12(14)11-13-8-4-6-10-15(13)17/h3-11H,2H2,1H3. The largest absolute Gasteiger partial charge is 0.419 e. The van der Waals surface area contributed by atoms with Gasteiger partial charge in [-0.2, -0.15) is 0 Å². The Balaban J connectivity index is 2.25. The van der Waals surface area contributed by atoms with E-state index in [0.717, 1.165) is 21.5 Å². The maximum absolute atomic E-state index is 11.9. The van der Waals surface area contributed by atoms with Gasteiger partial charge in [-0.25, -0.2) is 4.79 Å². The van der Waals surface area contributed by atoms with E-state index in [4.69, 9.17) is 4.74 Å². The van der Waals surface area contributed by atoms with Crippen LogP contribution in [0.25, 0.3) is 21.5 Å². The smallest absolute Gasteiger partial charge is 0.380 e. The van der Waals surface area contributed by atoms with Crippen molar-refractivity contribution in [3.63, 3.8) is 0 Å². The molecule has 3 rings (SSSR count). The molecule has 0 aliphatic carbocycles. The van der Waals surface area contributed by atoms with Gasteiger partial charge in [-0.3, -0.25) is 4.79 Å². The highest BCUT2D eigenvalue weighted by atomic mass is 16.5. The van der Waals surface area contributed by atoms with Crippen molar-refractivity contribution in [3.05, 3.63) is 54.6 Å². The number of ether oxygens (including phenoxy) is 1. The zero-order valence-electron chi connectivity index (χ0n) is 11.6. The molecule has 0 bridgehead atoms. The first kappa shape index (κ1) is 13.3. The molecular weight excluding hydrogens is 264 g/mol. The molecule has 104 valence electrons. The summed E-state index contributed by atoms with van der Waals surface area (Å²) in [7, 11) is 0. The van der Waals surface area contributed by atoms with Gasteiger partial charge in [-0.05, 0) is 16.8 Å². The highest BCUT2D eigenvalue weighted by Gasteiger charge is 2.17. The van der Waals surface area contributed by atoms with Gasteiger partial charge in [0, 0.05) is 17.2 Å². The third-order valence-corrected chi connectivity index (χ3v) is 3.47. The van der Waals surface area contributed by atoms with E-state index in [2.05, 4.69) is 0 Å². The van der Waals surface area contributed by atoms with Crippen molar-refractivity contribution in [2.45, 2.75) is 13.3 Å². The van der Waals surface area contributed by atoms with Crippen molar-refractivity contribution >= 4 is 33.3 Å². The summed E-state index contributed by atoms with van der Waals surface area (Å²) in [6, 6.07) is 17.4. The van der Waals surface area contributed by atoms with Crippen LogP contribution in [-0.2, 0) is 9.59 Å². The number of ketones is 1. The fourth-order valence-electron chi connectivity index (χ4n) is 2.38. The molecule has 0 saturated carbocycles. The summed E-state index contributed by atoms with van der Waals surface area (Å²) in [6.45, 7) is 1.64. The number of fused-ring (bicyclic) bond motifs is 2. The molecular formula is C18H14O3. The fourth-order valence-corrected chi connectivity index (χ4v) is 2.38. The van der Waals surface area contributed by atoms with Crippen molar-refractivity contribution in [2.75, 3.05) is 0 Å². The Morgan fingerprint density at radius 2 is 1.43 bits per heavy atom. The molecule has 0 fully saturated rings. The van der Waals surface area contributed by atoms with E-state index in [1.54, 1.807) is 6.92 Å². The molecule has 3 aromatic carbocycles. The van der Waals surface area contributed by atoms with Crippen LogP contribution < -0.4 is 4.74 Å². The molecule has 21 heavy (non-hydrogen) atoms. The maximum atomic E-state index is 11.9. The number of hydrogen-bond acceptors (Lipinski definition) is 3. The van der Waals surface area contributed by atoms with Gasteiger partial charge < -0.3 is 4.74 Å². The average molecular weight is 278 g/mol. The number of esters is 1. The van der Waals surface area contributed by atoms with Crippen LogP contribution in [0.4, 0.5) is 0 Å². The van der Waals surface area contributed by atoms with Crippen LogP contribution in [0.1, 0.15) is 13.3 Å². The molecule has 0 heterocycles. The van der Waals surface area contributed by atoms with Gasteiger partial charge in [0.15, 0.2) is 0 Å². The topological polar surface area (TPSA) is 43.4 Å².